The van der Waals surface area contributed by atoms with Gasteiger partial charge in [-0.2, -0.15) is 5.10 Å². The summed E-state index contributed by atoms with van der Waals surface area (Å²) in [4.78, 5) is 1.95. The van der Waals surface area contributed by atoms with Gasteiger partial charge in [-0.3, -0.25) is 0 Å². The van der Waals surface area contributed by atoms with E-state index in [0.29, 0.717) is 46.7 Å². The lowest BCUT2D eigenvalue weighted by molar-refractivity contribution is 0.290. The maximum atomic E-state index is 9.10. The third-order valence-electron chi connectivity index (χ3n) is 4.59. The van der Waals surface area contributed by atoms with Crippen molar-refractivity contribution >= 4 is 45.5 Å². The van der Waals surface area contributed by atoms with E-state index in [1.807, 2.05) is 36.2 Å². The van der Waals surface area contributed by atoms with Gasteiger partial charge in [-0.15, -0.1) is 5.10 Å². The van der Waals surface area contributed by atoms with Gasteiger partial charge in [0.2, 0.25) is 0 Å². The number of anilines is 2. The summed E-state index contributed by atoms with van der Waals surface area (Å²) in [5, 5.41) is 20.6. The first-order valence-electron chi connectivity index (χ1n) is 8.84. The van der Waals surface area contributed by atoms with E-state index >= 15 is 0 Å². The van der Waals surface area contributed by atoms with Gasteiger partial charge >= 0.3 is 0 Å². The molecule has 0 aliphatic carbocycles. The minimum Gasteiger partial charge on any atom is -0.495 e. The monoisotopic (exact) mass is 420 g/mol. The van der Waals surface area contributed by atoms with Crippen molar-refractivity contribution in [2.75, 3.05) is 37.9 Å². The molecule has 148 valence electrons. The molecule has 0 amide bonds. The van der Waals surface area contributed by atoms with Crippen LogP contribution in [-0.4, -0.2) is 42.6 Å². The number of nitrogens with zero attached hydrogens (tertiary/aromatic N) is 3. The van der Waals surface area contributed by atoms with E-state index in [4.69, 9.17) is 38.8 Å². The number of hydrogen-bond acceptors (Lipinski definition) is 6. The van der Waals surface area contributed by atoms with Crippen LogP contribution in [0, 0.1) is 0 Å². The summed E-state index contributed by atoms with van der Waals surface area (Å²) in [5.41, 5.74) is 8.46. The van der Waals surface area contributed by atoms with Gasteiger partial charge in [0, 0.05) is 37.4 Å². The molecular weight excluding hydrogens is 399 g/mol. The summed E-state index contributed by atoms with van der Waals surface area (Å²) in [5.74, 6) is 1.31. The first-order valence-corrected chi connectivity index (χ1v) is 9.59. The van der Waals surface area contributed by atoms with Crippen molar-refractivity contribution in [2.24, 2.45) is 0 Å². The summed E-state index contributed by atoms with van der Waals surface area (Å²) in [6.07, 6.45) is 1.13. The van der Waals surface area contributed by atoms with Crippen molar-refractivity contribution in [3.8, 4) is 5.75 Å². The lowest BCUT2D eigenvalue weighted by Gasteiger charge is -2.20. The van der Waals surface area contributed by atoms with E-state index in [9.17, 15) is 0 Å². The van der Waals surface area contributed by atoms with Gasteiger partial charge in [0.25, 0.3) is 0 Å². The molecule has 0 bridgehead atoms. The highest BCUT2D eigenvalue weighted by Gasteiger charge is 2.17. The molecule has 3 aromatic rings. The van der Waals surface area contributed by atoms with Crippen LogP contribution in [0.4, 0.5) is 11.5 Å². The molecule has 0 radical (unpaired) electrons. The molecule has 0 saturated heterocycles. The van der Waals surface area contributed by atoms with Crippen LogP contribution in [0.15, 0.2) is 30.3 Å². The number of hydrogen-bond donors (Lipinski definition) is 2. The number of ether oxygens (including phenoxy) is 1. The zero-order valence-electron chi connectivity index (χ0n) is 15.7. The highest BCUT2D eigenvalue weighted by atomic mass is 35.5. The zero-order valence-corrected chi connectivity index (χ0v) is 17.3. The Labute approximate surface area is 173 Å². The quantitative estimate of drug-likeness (QED) is 0.563. The second-order valence-corrected chi connectivity index (χ2v) is 7.31. The van der Waals surface area contributed by atoms with Crippen LogP contribution < -0.4 is 15.4 Å². The number of benzene rings is 2. The van der Waals surface area contributed by atoms with Crippen LogP contribution in [0.2, 0.25) is 10.0 Å². The van der Waals surface area contributed by atoms with Crippen LogP contribution >= 0.6 is 23.2 Å². The second kappa shape index (κ2) is 8.82. The van der Waals surface area contributed by atoms with Gasteiger partial charge in [0.15, 0.2) is 5.82 Å². The number of halogens is 2. The average molecular weight is 421 g/mol. The topological polar surface area (TPSA) is 84.5 Å². The SMILES string of the molecule is COc1ccc(Cc2nnc(N(C)CCCO)c3ccc(Cl)c(N)c23)cc1Cl. The van der Waals surface area contributed by atoms with Crippen molar-refractivity contribution in [3.05, 3.63) is 51.6 Å². The third-order valence-corrected chi connectivity index (χ3v) is 5.21. The van der Waals surface area contributed by atoms with Gasteiger partial charge < -0.3 is 20.5 Å². The van der Waals surface area contributed by atoms with Crippen LogP contribution in [0.5, 0.6) is 5.75 Å². The lowest BCUT2D eigenvalue weighted by atomic mass is 10.0. The minimum absolute atomic E-state index is 0.111. The summed E-state index contributed by atoms with van der Waals surface area (Å²) in [6.45, 7) is 0.760. The average Bonchev–Trinajstić information content (AvgIpc) is 2.69. The summed E-state index contributed by atoms with van der Waals surface area (Å²) in [7, 11) is 3.49. The molecule has 6 nitrogen and oxygen atoms in total. The van der Waals surface area contributed by atoms with E-state index in [2.05, 4.69) is 10.2 Å². The number of fused-ring (bicyclic) bond motifs is 1. The van der Waals surface area contributed by atoms with Crippen molar-refractivity contribution in [1.29, 1.82) is 0 Å². The van der Waals surface area contributed by atoms with Crippen LogP contribution in [0.25, 0.3) is 10.8 Å². The molecule has 0 saturated carbocycles. The number of methoxy groups -OCH3 is 1. The van der Waals surface area contributed by atoms with E-state index in [-0.39, 0.29) is 6.61 Å². The summed E-state index contributed by atoms with van der Waals surface area (Å²) in [6, 6.07) is 9.26. The van der Waals surface area contributed by atoms with Gasteiger partial charge in [-0.1, -0.05) is 29.3 Å². The Hall–Kier alpha value is -2.28. The van der Waals surface area contributed by atoms with Gasteiger partial charge in [-0.25, -0.2) is 0 Å². The Morgan fingerprint density at radius 2 is 1.93 bits per heavy atom. The third kappa shape index (κ3) is 4.09. The zero-order chi connectivity index (χ0) is 20.3. The first-order chi connectivity index (χ1) is 13.5. The number of nitrogen functional groups attached to an aromatic ring is 1. The Morgan fingerprint density at radius 3 is 2.61 bits per heavy atom. The van der Waals surface area contributed by atoms with Crippen molar-refractivity contribution < 1.29 is 9.84 Å². The molecule has 3 rings (SSSR count). The van der Waals surface area contributed by atoms with Crippen molar-refractivity contribution in [1.82, 2.24) is 10.2 Å². The summed E-state index contributed by atoms with van der Waals surface area (Å²) < 4.78 is 5.21. The molecule has 0 fully saturated rings. The minimum atomic E-state index is 0.111. The second-order valence-electron chi connectivity index (χ2n) is 6.50. The van der Waals surface area contributed by atoms with Crippen LogP contribution in [0.3, 0.4) is 0 Å². The molecule has 0 aliphatic rings. The Kier molecular flexibility index (Phi) is 6.44. The Bertz CT molecular complexity index is 998. The number of aliphatic hydroxyl groups is 1. The van der Waals surface area contributed by atoms with Crippen LogP contribution in [-0.2, 0) is 6.42 Å². The van der Waals surface area contributed by atoms with E-state index in [1.54, 1.807) is 13.2 Å². The molecule has 2 aromatic carbocycles. The van der Waals surface area contributed by atoms with E-state index < -0.39 is 0 Å². The number of rotatable bonds is 7. The fraction of sp³-hybridized carbons (Fsp3) is 0.300. The predicted molar refractivity (Wildman–Crippen MR) is 115 cm³/mol. The Morgan fingerprint density at radius 1 is 1.14 bits per heavy atom. The normalized spacial score (nSPS) is 11.0. The Balaban J connectivity index is 2.08. The highest BCUT2D eigenvalue weighted by molar-refractivity contribution is 6.35. The van der Waals surface area contributed by atoms with Gasteiger partial charge in [-0.05, 0) is 36.2 Å². The first kappa shape index (κ1) is 20.5. The van der Waals surface area contributed by atoms with Gasteiger partial charge in [0.05, 0.1) is 28.5 Å². The molecule has 1 aromatic heterocycles. The van der Waals surface area contributed by atoms with Crippen LogP contribution in [0.1, 0.15) is 17.7 Å². The predicted octanol–water partition coefficient (Wildman–Crippen LogP) is 3.94. The molecule has 0 atom stereocenters. The molecule has 8 heteroatoms. The van der Waals surface area contributed by atoms with Gasteiger partial charge in [0.1, 0.15) is 5.75 Å². The fourth-order valence-electron chi connectivity index (χ4n) is 3.14. The number of aromatic nitrogens is 2. The standard InChI is InChI=1S/C20H22Cl2N4O2/c1-26(8-3-9-27)20-13-5-6-14(21)19(23)18(13)16(24-25-20)11-12-4-7-17(28-2)15(22)10-12/h4-7,10,27H,3,8-9,11,23H2,1-2H3. The van der Waals surface area contributed by atoms with Crippen molar-refractivity contribution in [2.45, 2.75) is 12.8 Å². The number of aliphatic hydroxyl groups excluding tert-OH is 1. The number of nitrogens with two attached hydrogens (primary N) is 1. The molecule has 0 unspecified atom stereocenters. The molecule has 0 aliphatic heterocycles. The fourth-order valence-corrected chi connectivity index (χ4v) is 3.57. The molecule has 3 N–H and O–H groups in total. The maximum Gasteiger partial charge on any atom is 0.159 e. The van der Waals surface area contributed by atoms with E-state index in [0.717, 1.165) is 22.0 Å². The van der Waals surface area contributed by atoms with Crippen molar-refractivity contribution in [3.63, 3.8) is 0 Å². The van der Waals surface area contributed by atoms with E-state index in [1.165, 1.54) is 0 Å². The lowest BCUT2D eigenvalue weighted by Crippen LogP contribution is -2.21. The molecule has 1 heterocycles. The molecular formula is C20H22Cl2N4O2. The highest BCUT2D eigenvalue weighted by Crippen LogP contribution is 2.35. The summed E-state index contributed by atoms with van der Waals surface area (Å²) >= 11 is 12.5. The molecule has 28 heavy (non-hydrogen) atoms. The smallest absolute Gasteiger partial charge is 0.159 e. The maximum absolute atomic E-state index is 9.10. The molecule has 0 spiro atoms. The largest absolute Gasteiger partial charge is 0.495 e.